The summed E-state index contributed by atoms with van der Waals surface area (Å²) in [5.74, 6) is 1.54. The van der Waals surface area contributed by atoms with Crippen molar-refractivity contribution in [3.63, 3.8) is 0 Å². The summed E-state index contributed by atoms with van der Waals surface area (Å²) in [6.07, 6.45) is 3.70. The zero-order chi connectivity index (χ0) is 15.2. The van der Waals surface area contributed by atoms with Crippen molar-refractivity contribution in [3.8, 4) is 11.3 Å². The van der Waals surface area contributed by atoms with Crippen molar-refractivity contribution in [1.82, 2.24) is 9.88 Å². The molecule has 0 bridgehead atoms. The molecule has 0 aliphatic carbocycles. The second kappa shape index (κ2) is 7.20. The largest absolute Gasteiger partial charge is 0.439 e. The summed E-state index contributed by atoms with van der Waals surface area (Å²) in [7, 11) is 0. The molecular weight excluding hydrogens is 292 g/mol. The van der Waals surface area contributed by atoms with Crippen molar-refractivity contribution in [2.75, 3.05) is 6.54 Å². The van der Waals surface area contributed by atoms with Gasteiger partial charge in [0.25, 0.3) is 0 Å². The van der Waals surface area contributed by atoms with E-state index in [1.165, 1.54) is 4.88 Å². The number of hydrogen-bond acceptors (Lipinski definition) is 4. The van der Waals surface area contributed by atoms with Gasteiger partial charge in [0.15, 0.2) is 5.76 Å². The van der Waals surface area contributed by atoms with Gasteiger partial charge in [0.2, 0.25) is 5.89 Å². The average Bonchev–Trinajstić information content (AvgIpc) is 3.20. The van der Waals surface area contributed by atoms with E-state index in [0.29, 0.717) is 6.54 Å². The van der Waals surface area contributed by atoms with Gasteiger partial charge in [-0.25, -0.2) is 4.98 Å². The summed E-state index contributed by atoms with van der Waals surface area (Å²) in [5.41, 5.74) is 1.05. The zero-order valence-electron chi connectivity index (χ0n) is 12.3. The average molecular weight is 310 g/mol. The minimum absolute atomic E-state index is 0.677. The fraction of sp³-hybridized carbons (Fsp3) is 0.167. The van der Waals surface area contributed by atoms with Crippen LogP contribution >= 0.6 is 11.3 Å². The lowest BCUT2D eigenvalue weighted by molar-refractivity contribution is 0.258. The fourth-order valence-corrected chi connectivity index (χ4v) is 3.05. The lowest BCUT2D eigenvalue weighted by Crippen LogP contribution is -2.22. The van der Waals surface area contributed by atoms with Gasteiger partial charge in [-0.15, -0.1) is 17.9 Å². The van der Waals surface area contributed by atoms with E-state index in [-0.39, 0.29) is 0 Å². The van der Waals surface area contributed by atoms with Gasteiger partial charge in [0, 0.05) is 23.5 Å². The first-order valence-corrected chi connectivity index (χ1v) is 8.09. The van der Waals surface area contributed by atoms with E-state index in [9.17, 15) is 0 Å². The van der Waals surface area contributed by atoms with Crippen LogP contribution in [-0.4, -0.2) is 16.4 Å². The highest BCUT2D eigenvalue weighted by atomic mass is 32.1. The molecule has 0 atom stereocenters. The molecule has 0 aliphatic rings. The van der Waals surface area contributed by atoms with E-state index in [4.69, 9.17) is 4.42 Å². The summed E-state index contributed by atoms with van der Waals surface area (Å²) in [6.45, 7) is 6.20. The van der Waals surface area contributed by atoms with Gasteiger partial charge in [-0.1, -0.05) is 42.5 Å². The molecule has 112 valence electrons. The van der Waals surface area contributed by atoms with Gasteiger partial charge in [-0.2, -0.15) is 0 Å². The number of benzene rings is 1. The Bertz CT molecular complexity index is 704. The maximum Gasteiger partial charge on any atom is 0.209 e. The fourth-order valence-electron chi connectivity index (χ4n) is 2.30. The maximum atomic E-state index is 5.88. The van der Waals surface area contributed by atoms with Crippen LogP contribution in [0.15, 0.2) is 71.1 Å². The molecule has 0 fully saturated rings. The Morgan fingerprint density at radius 3 is 2.73 bits per heavy atom. The molecule has 3 nitrogen and oxygen atoms in total. The molecule has 4 heteroatoms. The van der Waals surface area contributed by atoms with E-state index in [2.05, 4.69) is 34.0 Å². The van der Waals surface area contributed by atoms with Crippen LogP contribution in [-0.2, 0) is 13.1 Å². The van der Waals surface area contributed by atoms with E-state index >= 15 is 0 Å². The van der Waals surface area contributed by atoms with Gasteiger partial charge in [-0.05, 0) is 11.4 Å². The highest BCUT2D eigenvalue weighted by Crippen LogP contribution is 2.21. The van der Waals surface area contributed by atoms with Crippen molar-refractivity contribution in [2.24, 2.45) is 0 Å². The number of nitrogens with zero attached hydrogens (tertiary/aromatic N) is 2. The van der Waals surface area contributed by atoms with Crippen LogP contribution in [0, 0.1) is 0 Å². The molecule has 0 aliphatic heterocycles. The highest BCUT2D eigenvalue weighted by Gasteiger charge is 2.11. The Hall–Kier alpha value is -2.17. The third-order valence-electron chi connectivity index (χ3n) is 3.32. The topological polar surface area (TPSA) is 29.3 Å². The van der Waals surface area contributed by atoms with Gasteiger partial charge < -0.3 is 4.42 Å². The molecule has 0 amide bonds. The number of hydrogen-bond donors (Lipinski definition) is 0. The van der Waals surface area contributed by atoms with Crippen LogP contribution in [0.3, 0.4) is 0 Å². The Balaban J connectivity index is 1.70. The molecule has 0 radical (unpaired) electrons. The van der Waals surface area contributed by atoms with E-state index in [1.807, 2.05) is 36.4 Å². The SMILES string of the molecule is C=CCN(Cc1ncc(-c2ccccc2)o1)Cc1cccs1. The van der Waals surface area contributed by atoms with Crippen molar-refractivity contribution in [3.05, 3.63) is 77.5 Å². The number of thiophene rings is 1. The van der Waals surface area contributed by atoms with Crippen LogP contribution in [0.5, 0.6) is 0 Å². The van der Waals surface area contributed by atoms with Crippen molar-refractivity contribution >= 4 is 11.3 Å². The predicted octanol–water partition coefficient (Wildman–Crippen LogP) is 4.59. The molecule has 2 heterocycles. The Morgan fingerprint density at radius 2 is 2.00 bits per heavy atom. The molecule has 0 unspecified atom stereocenters. The van der Waals surface area contributed by atoms with Gasteiger partial charge in [0.1, 0.15) is 0 Å². The Kier molecular flexibility index (Phi) is 4.83. The first-order valence-electron chi connectivity index (χ1n) is 7.21. The predicted molar refractivity (Wildman–Crippen MR) is 90.6 cm³/mol. The van der Waals surface area contributed by atoms with Crippen LogP contribution in [0.25, 0.3) is 11.3 Å². The first kappa shape index (κ1) is 14.8. The number of aromatic nitrogens is 1. The first-order chi connectivity index (χ1) is 10.8. The van der Waals surface area contributed by atoms with Crippen LogP contribution < -0.4 is 0 Å². The minimum Gasteiger partial charge on any atom is -0.439 e. The van der Waals surface area contributed by atoms with Crippen molar-refractivity contribution in [1.29, 1.82) is 0 Å². The summed E-state index contributed by atoms with van der Waals surface area (Å²) < 4.78 is 5.88. The number of rotatable bonds is 7. The summed E-state index contributed by atoms with van der Waals surface area (Å²) in [6, 6.07) is 14.3. The molecule has 0 N–H and O–H groups in total. The smallest absolute Gasteiger partial charge is 0.209 e. The standard InChI is InChI=1S/C18H18N2OS/c1-2-10-20(13-16-9-6-11-22-16)14-18-19-12-17(21-18)15-7-4-3-5-8-15/h2-9,11-12H,1,10,13-14H2. The Labute approximate surface area is 134 Å². The third kappa shape index (κ3) is 3.72. The molecule has 22 heavy (non-hydrogen) atoms. The summed E-state index contributed by atoms with van der Waals surface area (Å²) in [5, 5.41) is 2.10. The van der Waals surface area contributed by atoms with E-state index in [0.717, 1.165) is 30.3 Å². The quantitative estimate of drug-likeness (QED) is 0.598. The molecule has 3 rings (SSSR count). The second-order valence-corrected chi connectivity index (χ2v) is 6.05. The summed E-state index contributed by atoms with van der Waals surface area (Å²) >= 11 is 1.76. The highest BCUT2D eigenvalue weighted by molar-refractivity contribution is 7.09. The van der Waals surface area contributed by atoms with E-state index in [1.54, 1.807) is 17.5 Å². The molecule has 0 saturated heterocycles. The summed E-state index contributed by atoms with van der Waals surface area (Å²) in [4.78, 5) is 8.00. The third-order valence-corrected chi connectivity index (χ3v) is 4.18. The molecule has 3 aromatic rings. The van der Waals surface area contributed by atoms with Crippen molar-refractivity contribution < 1.29 is 4.42 Å². The normalized spacial score (nSPS) is 11.0. The molecule has 2 aromatic heterocycles. The molecular formula is C18H18N2OS. The maximum absolute atomic E-state index is 5.88. The van der Waals surface area contributed by atoms with Gasteiger partial charge in [0.05, 0.1) is 12.7 Å². The lowest BCUT2D eigenvalue weighted by Gasteiger charge is -2.17. The second-order valence-electron chi connectivity index (χ2n) is 5.02. The van der Waals surface area contributed by atoms with E-state index < -0.39 is 0 Å². The molecule has 1 aromatic carbocycles. The van der Waals surface area contributed by atoms with Crippen LogP contribution in [0.1, 0.15) is 10.8 Å². The van der Waals surface area contributed by atoms with Gasteiger partial charge in [-0.3, -0.25) is 4.90 Å². The zero-order valence-corrected chi connectivity index (χ0v) is 13.1. The molecule has 0 spiro atoms. The van der Waals surface area contributed by atoms with Crippen molar-refractivity contribution in [2.45, 2.75) is 13.1 Å². The van der Waals surface area contributed by atoms with Gasteiger partial charge >= 0.3 is 0 Å². The Morgan fingerprint density at radius 1 is 1.14 bits per heavy atom. The van der Waals surface area contributed by atoms with Crippen LogP contribution in [0.2, 0.25) is 0 Å². The number of oxazole rings is 1. The monoisotopic (exact) mass is 310 g/mol. The van der Waals surface area contributed by atoms with Crippen LogP contribution in [0.4, 0.5) is 0 Å². The lowest BCUT2D eigenvalue weighted by atomic mass is 10.2. The molecule has 0 saturated carbocycles. The minimum atomic E-state index is 0.677.